The minimum absolute atomic E-state index is 0.306. The van der Waals surface area contributed by atoms with Crippen LogP contribution in [-0.4, -0.2) is 31.6 Å². The van der Waals surface area contributed by atoms with Crippen molar-refractivity contribution in [3.8, 4) is 0 Å². The van der Waals surface area contributed by atoms with Crippen LogP contribution >= 0.6 is 0 Å². The van der Waals surface area contributed by atoms with Crippen LogP contribution in [0.1, 0.15) is 43.9 Å². The molecule has 1 aromatic carbocycles. The first-order chi connectivity index (χ1) is 9.57. The number of hydrogen-bond donors (Lipinski definition) is 1. The lowest BCUT2D eigenvalue weighted by atomic mass is 9.83. The van der Waals surface area contributed by atoms with E-state index in [-0.39, 0.29) is 0 Å². The molecule has 2 rings (SSSR count). The third-order valence-electron chi connectivity index (χ3n) is 4.31. The fourth-order valence-corrected chi connectivity index (χ4v) is 3.35. The highest BCUT2D eigenvalue weighted by Gasteiger charge is 2.31. The number of ether oxygens (including phenoxy) is 1. The number of rotatable bonds is 5. The Morgan fingerprint density at radius 1 is 1.35 bits per heavy atom. The molecule has 1 aliphatic heterocycles. The van der Waals surface area contributed by atoms with Gasteiger partial charge in [-0.25, -0.2) is 0 Å². The molecule has 20 heavy (non-hydrogen) atoms. The highest BCUT2D eigenvalue weighted by Crippen LogP contribution is 2.34. The van der Waals surface area contributed by atoms with Crippen LogP contribution < -0.4 is 5.73 Å². The zero-order chi connectivity index (χ0) is 14.6. The van der Waals surface area contributed by atoms with Crippen LogP contribution in [0.15, 0.2) is 24.3 Å². The molecule has 0 aliphatic carbocycles. The van der Waals surface area contributed by atoms with Gasteiger partial charge in [0.2, 0.25) is 0 Å². The van der Waals surface area contributed by atoms with Gasteiger partial charge < -0.3 is 10.5 Å². The van der Waals surface area contributed by atoms with Gasteiger partial charge in [-0.1, -0.05) is 38.1 Å². The van der Waals surface area contributed by atoms with E-state index in [1.54, 1.807) is 7.11 Å². The van der Waals surface area contributed by atoms with Gasteiger partial charge in [0.1, 0.15) is 0 Å². The van der Waals surface area contributed by atoms with Crippen molar-refractivity contribution >= 4 is 0 Å². The smallest absolute Gasteiger partial charge is 0.0716 e. The zero-order valence-corrected chi connectivity index (χ0v) is 13.1. The molecule has 3 nitrogen and oxygen atoms in total. The zero-order valence-electron chi connectivity index (χ0n) is 13.1. The SMILES string of the molecule is COCc1ccccc1C(CN)N1CCCC(C)(C)C1. The van der Waals surface area contributed by atoms with Gasteiger partial charge in [-0.3, -0.25) is 4.90 Å². The fraction of sp³-hybridized carbons (Fsp3) is 0.647. The van der Waals surface area contributed by atoms with Crippen molar-refractivity contribution in [1.29, 1.82) is 0 Å². The van der Waals surface area contributed by atoms with Crippen LogP contribution in [0.25, 0.3) is 0 Å². The van der Waals surface area contributed by atoms with Crippen molar-refractivity contribution in [2.24, 2.45) is 11.1 Å². The molecule has 1 aromatic rings. The molecule has 0 amide bonds. The van der Waals surface area contributed by atoms with Gasteiger partial charge in [0.15, 0.2) is 0 Å². The van der Waals surface area contributed by atoms with E-state index >= 15 is 0 Å². The predicted octanol–water partition coefficient (Wildman–Crippen LogP) is 2.95. The second kappa shape index (κ2) is 6.70. The molecule has 0 spiro atoms. The number of benzene rings is 1. The van der Waals surface area contributed by atoms with Crippen molar-refractivity contribution in [2.45, 2.75) is 39.3 Å². The summed E-state index contributed by atoms with van der Waals surface area (Å²) < 4.78 is 5.33. The fourth-order valence-electron chi connectivity index (χ4n) is 3.35. The van der Waals surface area contributed by atoms with Crippen LogP contribution in [0.2, 0.25) is 0 Å². The van der Waals surface area contributed by atoms with E-state index in [1.165, 1.54) is 24.0 Å². The highest BCUT2D eigenvalue weighted by molar-refractivity contribution is 5.30. The maximum absolute atomic E-state index is 6.11. The highest BCUT2D eigenvalue weighted by atomic mass is 16.5. The molecule has 1 saturated heterocycles. The van der Waals surface area contributed by atoms with Gasteiger partial charge in [-0.15, -0.1) is 0 Å². The summed E-state index contributed by atoms with van der Waals surface area (Å²) in [6.45, 7) is 8.30. The average Bonchev–Trinajstić information content (AvgIpc) is 2.41. The van der Waals surface area contributed by atoms with E-state index in [4.69, 9.17) is 10.5 Å². The van der Waals surface area contributed by atoms with Crippen LogP contribution in [0.5, 0.6) is 0 Å². The van der Waals surface area contributed by atoms with E-state index < -0.39 is 0 Å². The standard InChI is InChI=1S/C17H28N2O/c1-17(2)9-6-10-19(13-17)16(11-18)15-8-5-4-7-14(15)12-20-3/h4-5,7-8,16H,6,9-13,18H2,1-3H3. The summed E-state index contributed by atoms with van der Waals surface area (Å²) in [6, 6.07) is 8.84. The summed E-state index contributed by atoms with van der Waals surface area (Å²) in [4.78, 5) is 2.55. The summed E-state index contributed by atoms with van der Waals surface area (Å²) in [5.41, 5.74) is 9.08. The third kappa shape index (κ3) is 3.60. The average molecular weight is 276 g/mol. The number of likely N-dealkylation sites (tertiary alicyclic amines) is 1. The summed E-state index contributed by atoms with van der Waals surface area (Å²) >= 11 is 0. The molecule has 0 bridgehead atoms. The number of nitrogens with two attached hydrogens (primary N) is 1. The molecule has 0 aromatic heterocycles. The van der Waals surface area contributed by atoms with E-state index in [9.17, 15) is 0 Å². The molecular formula is C17H28N2O. The minimum atomic E-state index is 0.306. The summed E-state index contributed by atoms with van der Waals surface area (Å²) in [7, 11) is 1.75. The monoisotopic (exact) mass is 276 g/mol. The summed E-state index contributed by atoms with van der Waals surface area (Å²) in [5.74, 6) is 0. The molecule has 0 radical (unpaired) electrons. The lowest BCUT2D eigenvalue weighted by Crippen LogP contribution is -2.44. The molecule has 2 N–H and O–H groups in total. The van der Waals surface area contributed by atoms with Crippen LogP contribution in [0.4, 0.5) is 0 Å². The molecule has 1 unspecified atom stereocenters. The van der Waals surface area contributed by atoms with Gasteiger partial charge in [-0.2, -0.15) is 0 Å². The van der Waals surface area contributed by atoms with Crippen molar-refractivity contribution in [2.75, 3.05) is 26.7 Å². The Morgan fingerprint density at radius 2 is 2.10 bits per heavy atom. The summed E-state index contributed by atoms with van der Waals surface area (Å²) in [5, 5.41) is 0. The molecule has 3 heteroatoms. The second-order valence-electron chi connectivity index (χ2n) is 6.62. The first-order valence-electron chi connectivity index (χ1n) is 7.58. The van der Waals surface area contributed by atoms with E-state index in [0.717, 1.165) is 13.1 Å². The lowest BCUT2D eigenvalue weighted by molar-refractivity contribution is 0.0793. The molecule has 1 aliphatic rings. The Hall–Kier alpha value is -0.900. The lowest BCUT2D eigenvalue weighted by Gasteiger charge is -2.42. The predicted molar refractivity (Wildman–Crippen MR) is 83.5 cm³/mol. The number of piperidine rings is 1. The molecule has 1 atom stereocenters. The Kier molecular flexibility index (Phi) is 5.19. The minimum Gasteiger partial charge on any atom is -0.380 e. The third-order valence-corrected chi connectivity index (χ3v) is 4.31. The topological polar surface area (TPSA) is 38.5 Å². The Balaban J connectivity index is 2.23. The van der Waals surface area contributed by atoms with Crippen molar-refractivity contribution in [1.82, 2.24) is 4.90 Å². The number of hydrogen-bond acceptors (Lipinski definition) is 3. The second-order valence-corrected chi connectivity index (χ2v) is 6.62. The van der Waals surface area contributed by atoms with Gasteiger partial charge in [-0.05, 0) is 35.9 Å². The van der Waals surface area contributed by atoms with Crippen molar-refractivity contribution in [3.63, 3.8) is 0 Å². The Bertz CT molecular complexity index is 431. The van der Waals surface area contributed by atoms with Crippen LogP contribution in [0, 0.1) is 5.41 Å². The Morgan fingerprint density at radius 3 is 2.75 bits per heavy atom. The van der Waals surface area contributed by atoms with Gasteiger partial charge in [0, 0.05) is 26.2 Å². The van der Waals surface area contributed by atoms with Crippen molar-refractivity contribution < 1.29 is 4.74 Å². The number of methoxy groups -OCH3 is 1. The van der Waals surface area contributed by atoms with E-state index in [0.29, 0.717) is 24.6 Å². The molecule has 1 heterocycles. The molecule has 112 valence electrons. The van der Waals surface area contributed by atoms with Crippen LogP contribution in [0.3, 0.4) is 0 Å². The van der Waals surface area contributed by atoms with E-state index in [2.05, 4.69) is 43.0 Å². The van der Waals surface area contributed by atoms with Gasteiger partial charge in [0.05, 0.1) is 6.61 Å². The summed E-state index contributed by atoms with van der Waals surface area (Å²) in [6.07, 6.45) is 2.57. The maximum Gasteiger partial charge on any atom is 0.0716 e. The molecule has 1 fully saturated rings. The quantitative estimate of drug-likeness (QED) is 0.898. The van der Waals surface area contributed by atoms with Gasteiger partial charge >= 0.3 is 0 Å². The van der Waals surface area contributed by atoms with Crippen LogP contribution in [-0.2, 0) is 11.3 Å². The van der Waals surface area contributed by atoms with Gasteiger partial charge in [0.25, 0.3) is 0 Å². The van der Waals surface area contributed by atoms with E-state index in [1.807, 2.05) is 0 Å². The maximum atomic E-state index is 6.11. The largest absolute Gasteiger partial charge is 0.380 e. The molecule has 0 saturated carbocycles. The molecular weight excluding hydrogens is 248 g/mol. The Labute approximate surface area is 123 Å². The first-order valence-corrected chi connectivity index (χ1v) is 7.58. The first kappa shape index (κ1) is 15.5. The number of nitrogens with zero attached hydrogens (tertiary/aromatic N) is 1. The normalized spacial score (nSPS) is 20.8. The van der Waals surface area contributed by atoms with Crippen molar-refractivity contribution in [3.05, 3.63) is 35.4 Å².